The van der Waals surface area contributed by atoms with E-state index in [0.29, 0.717) is 68.3 Å². The van der Waals surface area contributed by atoms with E-state index in [-0.39, 0.29) is 18.1 Å². The van der Waals surface area contributed by atoms with Crippen molar-refractivity contribution in [2.75, 3.05) is 57.5 Å². The normalized spacial score (nSPS) is 13.4. The number of carbonyl (C=O) groups excluding carboxylic acids is 2. The monoisotopic (exact) mass is 490 g/mol. The smallest absolute Gasteiger partial charge is 0.338 e. The van der Waals surface area contributed by atoms with Crippen LogP contribution in [-0.4, -0.2) is 69.4 Å². The zero-order valence-electron chi connectivity index (χ0n) is 19.8. The molecule has 2 aromatic rings. The van der Waals surface area contributed by atoms with E-state index in [4.69, 9.17) is 30.5 Å². The van der Waals surface area contributed by atoms with Crippen molar-refractivity contribution in [1.29, 1.82) is 0 Å². The van der Waals surface area contributed by atoms with E-state index in [1.807, 2.05) is 45.0 Å². The van der Waals surface area contributed by atoms with Crippen LogP contribution >= 0.6 is 11.6 Å². The van der Waals surface area contributed by atoms with Gasteiger partial charge in [-0.3, -0.25) is 4.79 Å². The lowest BCUT2D eigenvalue weighted by Crippen LogP contribution is -2.49. The third-order valence-corrected chi connectivity index (χ3v) is 5.51. The average molecular weight is 491 g/mol. The van der Waals surface area contributed by atoms with Crippen LogP contribution in [-0.2, 0) is 9.53 Å². The maximum atomic E-state index is 12.7. The second kappa shape index (κ2) is 12.4. The van der Waals surface area contributed by atoms with Crippen LogP contribution in [0.15, 0.2) is 36.4 Å². The zero-order chi connectivity index (χ0) is 24.5. The standard InChI is InChI=1S/C25H31ClN2O6/c1-4-31-21-14-18(15-22(32-5-2)24(21)33-6-3)25(30)34-17-23(29)28-12-10-27(11-13-28)20-9-7-8-19(26)16-20/h7-9,14-16H,4-6,10-13,17H2,1-3H3. The number of benzene rings is 2. The predicted molar refractivity (Wildman–Crippen MR) is 130 cm³/mol. The highest BCUT2D eigenvalue weighted by Crippen LogP contribution is 2.39. The van der Waals surface area contributed by atoms with Gasteiger partial charge in [0, 0.05) is 36.9 Å². The Balaban J connectivity index is 1.60. The van der Waals surface area contributed by atoms with Gasteiger partial charge in [0.05, 0.1) is 25.4 Å². The summed E-state index contributed by atoms with van der Waals surface area (Å²) in [5.74, 6) is 0.365. The molecule has 0 atom stereocenters. The first-order valence-electron chi connectivity index (χ1n) is 11.5. The van der Waals surface area contributed by atoms with Crippen LogP contribution in [0.2, 0.25) is 5.02 Å². The van der Waals surface area contributed by atoms with Crippen molar-refractivity contribution in [2.24, 2.45) is 0 Å². The van der Waals surface area contributed by atoms with E-state index < -0.39 is 5.97 Å². The maximum absolute atomic E-state index is 12.7. The lowest BCUT2D eigenvalue weighted by molar-refractivity contribution is -0.134. The first kappa shape index (κ1) is 25.5. The van der Waals surface area contributed by atoms with Crippen molar-refractivity contribution in [3.8, 4) is 17.2 Å². The van der Waals surface area contributed by atoms with Gasteiger partial charge in [-0.25, -0.2) is 4.79 Å². The van der Waals surface area contributed by atoms with Crippen LogP contribution in [0.5, 0.6) is 17.2 Å². The molecule has 1 aliphatic rings. The molecular formula is C25H31ClN2O6. The van der Waals surface area contributed by atoms with E-state index in [1.165, 1.54) is 0 Å². The summed E-state index contributed by atoms with van der Waals surface area (Å²) in [6.07, 6.45) is 0. The van der Waals surface area contributed by atoms with Gasteiger partial charge in [0.2, 0.25) is 5.75 Å². The molecule has 8 nitrogen and oxygen atoms in total. The van der Waals surface area contributed by atoms with Gasteiger partial charge in [0.25, 0.3) is 5.91 Å². The van der Waals surface area contributed by atoms with Crippen LogP contribution < -0.4 is 19.1 Å². The molecule has 3 rings (SSSR count). The Morgan fingerprint density at radius 2 is 1.50 bits per heavy atom. The molecule has 0 aromatic heterocycles. The Morgan fingerprint density at radius 1 is 0.882 bits per heavy atom. The topological polar surface area (TPSA) is 77.5 Å². The molecule has 0 aliphatic carbocycles. The van der Waals surface area contributed by atoms with Crippen LogP contribution in [0, 0.1) is 0 Å². The Bertz CT molecular complexity index is 964. The van der Waals surface area contributed by atoms with Crippen LogP contribution in [0.4, 0.5) is 5.69 Å². The fourth-order valence-electron chi connectivity index (χ4n) is 3.70. The molecule has 9 heteroatoms. The van der Waals surface area contributed by atoms with Crippen LogP contribution in [0.3, 0.4) is 0 Å². The lowest BCUT2D eigenvalue weighted by Gasteiger charge is -2.36. The second-order valence-electron chi connectivity index (χ2n) is 7.52. The van der Waals surface area contributed by atoms with Gasteiger partial charge in [0.1, 0.15) is 0 Å². The Hall–Kier alpha value is -3.13. The number of halogens is 1. The minimum absolute atomic E-state index is 0.230. The van der Waals surface area contributed by atoms with E-state index in [0.717, 1.165) is 5.69 Å². The van der Waals surface area contributed by atoms with Crippen molar-refractivity contribution >= 4 is 29.2 Å². The van der Waals surface area contributed by atoms with E-state index in [2.05, 4.69) is 4.90 Å². The number of hydrogen-bond donors (Lipinski definition) is 0. The van der Waals surface area contributed by atoms with Crippen molar-refractivity contribution < 1.29 is 28.5 Å². The van der Waals surface area contributed by atoms with Gasteiger partial charge >= 0.3 is 5.97 Å². The van der Waals surface area contributed by atoms with Gasteiger partial charge < -0.3 is 28.7 Å². The summed E-state index contributed by atoms with van der Waals surface area (Å²) in [6.45, 7) is 8.83. The molecular weight excluding hydrogens is 460 g/mol. The van der Waals surface area contributed by atoms with Gasteiger partial charge in [-0.2, -0.15) is 0 Å². The number of ether oxygens (including phenoxy) is 4. The molecule has 0 bridgehead atoms. The number of piperazine rings is 1. The molecule has 0 unspecified atom stereocenters. The molecule has 1 fully saturated rings. The molecule has 1 amide bonds. The molecule has 0 saturated carbocycles. The number of anilines is 1. The van der Waals surface area contributed by atoms with E-state index in [1.54, 1.807) is 17.0 Å². The lowest BCUT2D eigenvalue weighted by atomic mass is 10.2. The van der Waals surface area contributed by atoms with E-state index in [9.17, 15) is 9.59 Å². The summed E-state index contributed by atoms with van der Waals surface area (Å²) < 4.78 is 22.3. The van der Waals surface area contributed by atoms with Gasteiger partial charge in [-0.15, -0.1) is 0 Å². The number of rotatable bonds is 10. The first-order valence-corrected chi connectivity index (χ1v) is 11.9. The van der Waals surface area contributed by atoms with Crippen LogP contribution in [0.25, 0.3) is 0 Å². The van der Waals surface area contributed by atoms with Crippen LogP contribution in [0.1, 0.15) is 31.1 Å². The van der Waals surface area contributed by atoms with E-state index >= 15 is 0 Å². The minimum Gasteiger partial charge on any atom is -0.490 e. The summed E-state index contributed by atoms with van der Waals surface area (Å²) in [6, 6.07) is 10.7. The molecule has 34 heavy (non-hydrogen) atoms. The molecule has 0 spiro atoms. The minimum atomic E-state index is -0.629. The van der Waals surface area contributed by atoms with Crippen molar-refractivity contribution in [3.05, 3.63) is 47.0 Å². The number of nitrogens with zero attached hydrogens (tertiary/aromatic N) is 2. The molecule has 1 aliphatic heterocycles. The molecule has 0 radical (unpaired) electrons. The van der Waals surface area contributed by atoms with Crippen molar-refractivity contribution in [2.45, 2.75) is 20.8 Å². The number of amides is 1. The molecule has 1 heterocycles. The SMILES string of the molecule is CCOc1cc(C(=O)OCC(=O)N2CCN(c3cccc(Cl)c3)CC2)cc(OCC)c1OCC. The molecule has 2 aromatic carbocycles. The van der Waals surface area contributed by atoms with Gasteiger partial charge in [-0.1, -0.05) is 17.7 Å². The quantitative estimate of drug-likeness (QED) is 0.465. The molecule has 1 saturated heterocycles. The predicted octanol–water partition coefficient (Wildman–Crippen LogP) is 4.04. The fraction of sp³-hybridized carbons (Fsp3) is 0.440. The Labute approximate surface area is 205 Å². The maximum Gasteiger partial charge on any atom is 0.338 e. The summed E-state index contributed by atoms with van der Waals surface area (Å²) in [5.41, 5.74) is 1.26. The van der Waals surface area contributed by atoms with Crippen molar-refractivity contribution in [3.63, 3.8) is 0 Å². The third-order valence-electron chi connectivity index (χ3n) is 5.28. The highest BCUT2D eigenvalue weighted by molar-refractivity contribution is 6.30. The summed E-state index contributed by atoms with van der Waals surface area (Å²) >= 11 is 6.08. The Kier molecular flexibility index (Phi) is 9.27. The molecule has 184 valence electrons. The average Bonchev–Trinajstić information content (AvgIpc) is 2.84. The number of esters is 1. The summed E-state index contributed by atoms with van der Waals surface area (Å²) in [5, 5.41) is 0.678. The summed E-state index contributed by atoms with van der Waals surface area (Å²) in [4.78, 5) is 29.2. The largest absolute Gasteiger partial charge is 0.490 e. The second-order valence-corrected chi connectivity index (χ2v) is 7.96. The highest BCUT2D eigenvalue weighted by atomic mass is 35.5. The fourth-order valence-corrected chi connectivity index (χ4v) is 3.88. The molecule has 0 N–H and O–H groups in total. The third kappa shape index (κ3) is 6.47. The highest BCUT2D eigenvalue weighted by Gasteiger charge is 2.24. The number of carbonyl (C=O) groups is 2. The zero-order valence-corrected chi connectivity index (χ0v) is 20.6. The Morgan fingerprint density at radius 3 is 2.06 bits per heavy atom. The number of hydrogen-bond acceptors (Lipinski definition) is 7. The van der Waals surface area contributed by atoms with Gasteiger partial charge in [-0.05, 0) is 51.1 Å². The first-order chi connectivity index (χ1) is 16.5. The van der Waals surface area contributed by atoms with Crippen molar-refractivity contribution in [1.82, 2.24) is 4.90 Å². The van der Waals surface area contributed by atoms with Gasteiger partial charge in [0.15, 0.2) is 18.1 Å². The summed E-state index contributed by atoms with van der Waals surface area (Å²) in [7, 11) is 0.